The number of amides is 1. The summed E-state index contributed by atoms with van der Waals surface area (Å²) in [6, 6.07) is 9.18. The van der Waals surface area contributed by atoms with Crippen molar-refractivity contribution in [3.05, 3.63) is 58.3 Å². The first-order valence-corrected chi connectivity index (χ1v) is 12.3. The van der Waals surface area contributed by atoms with Gasteiger partial charge in [0.05, 0.1) is 18.6 Å². The van der Waals surface area contributed by atoms with Gasteiger partial charge >= 0.3 is 5.97 Å². The van der Waals surface area contributed by atoms with Crippen LogP contribution in [0.25, 0.3) is 10.4 Å². The summed E-state index contributed by atoms with van der Waals surface area (Å²) < 4.78 is 30.5. The summed E-state index contributed by atoms with van der Waals surface area (Å²) in [7, 11) is -1.30. The number of hydrogen-bond acceptors (Lipinski definition) is 8. The number of ether oxygens (including phenoxy) is 1. The molecular formula is C20H20N2O6S3. The highest BCUT2D eigenvalue weighted by Crippen LogP contribution is 2.38. The number of rotatable bonds is 8. The Hall–Kier alpha value is -2.57. The van der Waals surface area contributed by atoms with Gasteiger partial charge < -0.3 is 10.1 Å². The number of benzene rings is 1. The molecule has 0 spiro atoms. The molecule has 31 heavy (non-hydrogen) atoms. The van der Waals surface area contributed by atoms with E-state index in [0.717, 1.165) is 9.35 Å². The van der Waals surface area contributed by atoms with Gasteiger partial charge in [0.25, 0.3) is 15.9 Å². The van der Waals surface area contributed by atoms with E-state index in [1.165, 1.54) is 61.1 Å². The van der Waals surface area contributed by atoms with Crippen molar-refractivity contribution < 1.29 is 27.6 Å². The number of nitrogens with zero attached hydrogens (tertiary/aromatic N) is 1. The molecule has 164 valence electrons. The van der Waals surface area contributed by atoms with Crippen molar-refractivity contribution in [2.24, 2.45) is 0 Å². The standard InChI is InChI=1S/C20H20N2O6S3/c1-4-28-20(24)17-15(16-6-5-11-29-16)12-30-19(17)21-18(23)13-7-9-14(10-8-13)31(25,26)22(2)27-3/h5-12H,4H2,1-3H3,(H,21,23). The van der Waals surface area contributed by atoms with E-state index in [4.69, 9.17) is 9.57 Å². The summed E-state index contributed by atoms with van der Waals surface area (Å²) in [6.45, 7) is 1.92. The number of thiophene rings is 2. The molecule has 1 N–H and O–H groups in total. The lowest BCUT2D eigenvalue weighted by molar-refractivity contribution is -0.0258. The molecule has 0 atom stereocenters. The molecule has 3 rings (SSSR count). The van der Waals surface area contributed by atoms with Crippen LogP contribution in [0.15, 0.2) is 52.1 Å². The topological polar surface area (TPSA) is 102 Å². The number of anilines is 1. The molecule has 0 unspecified atom stereocenters. The zero-order valence-electron chi connectivity index (χ0n) is 16.9. The smallest absolute Gasteiger partial charge is 0.341 e. The number of hydroxylamine groups is 1. The Bertz CT molecular complexity index is 1170. The summed E-state index contributed by atoms with van der Waals surface area (Å²) in [4.78, 5) is 30.9. The van der Waals surface area contributed by atoms with Gasteiger partial charge in [-0.05, 0) is 42.6 Å². The van der Waals surface area contributed by atoms with Crippen LogP contribution in [0, 0.1) is 0 Å². The van der Waals surface area contributed by atoms with E-state index >= 15 is 0 Å². The highest BCUT2D eigenvalue weighted by atomic mass is 32.2. The largest absolute Gasteiger partial charge is 0.462 e. The first kappa shape index (κ1) is 23.1. The lowest BCUT2D eigenvalue weighted by Crippen LogP contribution is -2.25. The van der Waals surface area contributed by atoms with Crippen LogP contribution in [-0.4, -0.2) is 45.5 Å². The van der Waals surface area contributed by atoms with Crippen molar-refractivity contribution in [2.75, 3.05) is 26.1 Å². The van der Waals surface area contributed by atoms with Crippen LogP contribution >= 0.6 is 22.7 Å². The Morgan fingerprint density at radius 2 is 1.84 bits per heavy atom. The van der Waals surface area contributed by atoms with Crippen molar-refractivity contribution >= 4 is 49.6 Å². The highest BCUT2D eigenvalue weighted by Gasteiger charge is 2.24. The van der Waals surface area contributed by atoms with Crippen LogP contribution in [0.4, 0.5) is 5.00 Å². The number of hydrogen-bond donors (Lipinski definition) is 1. The molecular weight excluding hydrogens is 460 g/mol. The Balaban J connectivity index is 1.88. The van der Waals surface area contributed by atoms with Gasteiger partial charge in [0, 0.05) is 28.4 Å². The van der Waals surface area contributed by atoms with E-state index in [2.05, 4.69) is 5.32 Å². The fourth-order valence-corrected chi connectivity index (χ4v) is 5.41. The quantitative estimate of drug-likeness (QED) is 0.385. The predicted octanol–water partition coefficient (Wildman–Crippen LogP) is 4.09. The molecule has 0 aliphatic heterocycles. The number of esters is 1. The van der Waals surface area contributed by atoms with E-state index in [1.54, 1.807) is 12.3 Å². The second-order valence-corrected chi connectivity index (χ2v) is 9.89. The summed E-state index contributed by atoms with van der Waals surface area (Å²) in [6.07, 6.45) is 0. The number of nitrogens with one attached hydrogen (secondary N) is 1. The Morgan fingerprint density at radius 1 is 1.13 bits per heavy atom. The molecule has 0 aliphatic rings. The molecule has 1 amide bonds. The maximum atomic E-state index is 12.8. The monoisotopic (exact) mass is 480 g/mol. The third-order valence-electron chi connectivity index (χ3n) is 4.29. The molecule has 0 radical (unpaired) electrons. The predicted molar refractivity (Wildman–Crippen MR) is 120 cm³/mol. The molecule has 2 aromatic heterocycles. The van der Waals surface area contributed by atoms with Gasteiger partial charge in [-0.15, -0.1) is 22.7 Å². The van der Waals surface area contributed by atoms with Gasteiger partial charge in [-0.25, -0.2) is 13.2 Å². The number of carbonyl (C=O) groups is 2. The van der Waals surface area contributed by atoms with Gasteiger partial charge in [-0.2, -0.15) is 0 Å². The lowest BCUT2D eigenvalue weighted by Gasteiger charge is -2.14. The Kier molecular flexibility index (Phi) is 7.23. The maximum absolute atomic E-state index is 12.8. The van der Waals surface area contributed by atoms with Crippen LogP contribution in [0.2, 0.25) is 0 Å². The van der Waals surface area contributed by atoms with Crippen molar-refractivity contribution in [1.29, 1.82) is 0 Å². The molecule has 0 saturated carbocycles. The molecule has 3 aromatic rings. The van der Waals surface area contributed by atoms with Crippen LogP contribution in [0.1, 0.15) is 27.6 Å². The lowest BCUT2D eigenvalue weighted by atomic mass is 10.1. The van der Waals surface area contributed by atoms with Gasteiger partial charge in [-0.3, -0.25) is 9.63 Å². The van der Waals surface area contributed by atoms with Crippen molar-refractivity contribution in [3.8, 4) is 10.4 Å². The van der Waals surface area contributed by atoms with E-state index in [9.17, 15) is 18.0 Å². The molecule has 8 nitrogen and oxygen atoms in total. The van der Waals surface area contributed by atoms with Gasteiger partial charge in [-0.1, -0.05) is 10.5 Å². The second kappa shape index (κ2) is 9.71. The zero-order chi connectivity index (χ0) is 22.6. The van der Waals surface area contributed by atoms with E-state index < -0.39 is 21.9 Å². The minimum atomic E-state index is -3.82. The van der Waals surface area contributed by atoms with E-state index in [-0.39, 0.29) is 17.1 Å². The van der Waals surface area contributed by atoms with Crippen molar-refractivity contribution in [1.82, 2.24) is 4.47 Å². The summed E-state index contributed by atoms with van der Waals surface area (Å²) in [5, 5.41) is 6.80. The molecule has 2 heterocycles. The Morgan fingerprint density at radius 3 is 2.42 bits per heavy atom. The van der Waals surface area contributed by atoms with Crippen LogP contribution in [-0.2, 0) is 19.6 Å². The van der Waals surface area contributed by atoms with Crippen molar-refractivity contribution in [3.63, 3.8) is 0 Å². The maximum Gasteiger partial charge on any atom is 0.341 e. The minimum Gasteiger partial charge on any atom is -0.462 e. The van der Waals surface area contributed by atoms with E-state index in [0.29, 0.717) is 16.1 Å². The average Bonchev–Trinajstić information content (AvgIpc) is 3.43. The van der Waals surface area contributed by atoms with Crippen LogP contribution in [0.5, 0.6) is 0 Å². The first-order chi connectivity index (χ1) is 14.8. The molecule has 0 saturated heterocycles. The fraction of sp³-hybridized carbons (Fsp3) is 0.200. The zero-order valence-corrected chi connectivity index (χ0v) is 19.4. The van der Waals surface area contributed by atoms with Crippen LogP contribution < -0.4 is 5.32 Å². The fourth-order valence-electron chi connectivity index (χ4n) is 2.67. The third kappa shape index (κ3) is 4.86. The van der Waals surface area contributed by atoms with Gasteiger partial charge in [0.15, 0.2) is 0 Å². The molecule has 1 aromatic carbocycles. The highest BCUT2D eigenvalue weighted by molar-refractivity contribution is 7.89. The number of sulfonamides is 1. The molecule has 0 fully saturated rings. The number of carbonyl (C=O) groups excluding carboxylic acids is 2. The summed E-state index contributed by atoms with van der Waals surface area (Å²) in [5.41, 5.74) is 1.22. The SMILES string of the molecule is CCOC(=O)c1c(-c2cccs2)csc1NC(=O)c1ccc(S(=O)(=O)N(C)OC)cc1. The minimum absolute atomic E-state index is 0.0169. The second-order valence-electron chi connectivity index (χ2n) is 6.13. The molecule has 11 heteroatoms. The average molecular weight is 481 g/mol. The van der Waals surface area contributed by atoms with Crippen LogP contribution in [0.3, 0.4) is 0 Å². The summed E-state index contributed by atoms with van der Waals surface area (Å²) >= 11 is 2.70. The Labute approximate surface area is 188 Å². The first-order valence-electron chi connectivity index (χ1n) is 9.06. The van der Waals surface area contributed by atoms with E-state index in [1.807, 2.05) is 17.5 Å². The molecule has 0 bridgehead atoms. The molecule has 0 aliphatic carbocycles. The van der Waals surface area contributed by atoms with Gasteiger partial charge in [0.2, 0.25) is 0 Å². The van der Waals surface area contributed by atoms with Crippen molar-refractivity contribution in [2.45, 2.75) is 11.8 Å². The van der Waals surface area contributed by atoms with Gasteiger partial charge in [0.1, 0.15) is 10.6 Å². The summed E-state index contributed by atoms with van der Waals surface area (Å²) in [5.74, 6) is -0.999. The normalized spacial score (nSPS) is 11.5. The third-order valence-corrected chi connectivity index (χ3v) is 7.79.